The normalized spacial score (nSPS) is 21.5. The number of halogens is 2. The van der Waals surface area contributed by atoms with Crippen LogP contribution >= 0.6 is 0 Å². The highest BCUT2D eigenvalue weighted by Crippen LogP contribution is 2.35. The number of ether oxygens (including phenoxy) is 3. The lowest BCUT2D eigenvalue weighted by Gasteiger charge is -2.38. The number of nitro benzene ring substituents is 1. The summed E-state index contributed by atoms with van der Waals surface area (Å²) in [6.07, 6.45) is -0.364. The molecular formula is C14H18F2N2O5. The number of hydrogen-bond acceptors (Lipinski definition) is 6. The Hall–Kier alpha value is -2.00. The molecule has 2 atom stereocenters. The fourth-order valence-corrected chi connectivity index (χ4v) is 2.59. The van der Waals surface area contributed by atoms with E-state index in [1.807, 2.05) is 6.92 Å². The van der Waals surface area contributed by atoms with Gasteiger partial charge >= 0.3 is 6.61 Å². The largest absolute Gasteiger partial charge is 0.432 e. The van der Waals surface area contributed by atoms with E-state index in [2.05, 4.69) is 4.74 Å². The van der Waals surface area contributed by atoms with Gasteiger partial charge in [-0.25, -0.2) is 0 Å². The molecule has 1 fully saturated rings. The summed E-state index contributed by atoms with van der Waals surface area (Å²) in [5, 5.41) is 10.8. The Morgan fingerprint density at radius 3 is 2.83 bits per heavy atom. The van der Waals surface area contributed by atoms with Crippen molar-refractivity contribution in [3.05, 3.63) is 28.3 Å². The molecule has 1 heterocycles. The smallest absolute Gasteiger partial charge is 0.387 e. The second kappa shape index (κ2) is 7.51. The summed E-state index contributed by atoms with van der Waals surface area (Å²) < 4.78 is 40.5. The minimum Gasteiger partial charge on any atom is -0.432 e. The number of benzene rings is 1. The number of nitro groups is 1. The molecule has 1 aromatic carbocycles. The molecule has 0 bridgehead atoms. The van der Waals surface area contributed by atoms with Gasteiger partial charge in [0.1, 0.15) is 0 Å². The Balaban J connectivity index is 2.30. The van der Waals surface area contributed by atoms with Crippen LogP contribution in [0.5, 0.6) is 5.75 Å². The summed E-state index contributed by atoms with van der Waals surface area (Å²) in [4.78, 5) is 12.0. The van der Waals surface area contributed by atoms with Crippen LogP contribution in [0.1, 0.15) is 6.92 Å². The van der Waals surface area contributed by atoms with Crippen LogP contribution in [0.3, 0.4) is 0 Å². The maximum atomic E-state index is 12.6. The Labute approximate surface area is 131 Å². The zero-order valence-corrected chi connectivity index (χ0v) is 12.8. The molecule has 0 radical (unpaired) electrons. The molecule has 0 aromatic heterocycles. The molecule has 0 amide bonds. The number of rotatable bonds is 6. The van der Waals surface area contributed by atoms with Crippen molar-refractivity contribution in [2.75, 3.05) is 31.7 Å². The quantitative estimate of drug-likeness (QED) is 0.588. The van der Waals surface area contributed by atoms with Crippen LogP contribution in [0.25, 0.3) is 0 Å². The first-order valence-electron chi connectivity index (χ1n) is 7.03. The van der Waals surface area contributed by atoms with Gasteiger partial charge in [0.15, 0.2) is 5.75 Å². The lowest BCUT2D eigenvalue weighted by Crippen LogP contribution is -2.48. The standard InChI is InChI=1S/C14H18F2N2O5/c1-9-6-17(7-11(22-9)8-21-2)12-4-3-10(18(19)20)5-13(12)23-14(15)16/h3-5,9,11,14H,6-8H2,1-2H3. The molecule has 9 heteroatoms. The lowest BCUT2D eigenvalue weighted by atomic mass is 10.1. The highest BCUT2D eigenvalue weighted by Gasteiger charge is 2.28. The maximum Gasteiger partial charge on any atom is 0.387 e. The van der Waals surface area contributed by atoms with Gasteiger partial charge in [0.2, 0.25) is 0 Å². The molecule has 2 unspecified atom stereocenters. The Kier molecular flexibility index (Phi) is 5.67. The monoisotopic (exact) mass is 332 g/mol. The third-order valence-corrected chi connectivity index (χ3v) is 3.39. The maximum absolute atomic E-state index is 12.6. The molecule has 0 aliphatic carbocycles. The van der Waals surface area contributed by atoms with Crippen LogP contribution in [0.2, 0.25) is 0 Å². The molecular weight excluding hydrogens is 314 g/mol. The lowest BCUT2D eigenvalue weighted by molar-refractivity contribution is -0.385. The molecule has 1 saturated heterocycles. The van der Waals surface area contributed by atoms with Gasteiger partial charge in [-0.1, -0.05) is 0 Å². The average molecular weight is 332 g/mol. The summed E-state index contributed by atoms with van der Waals surface area (Å²) in [5.41, 5.74) is 0.0614. The first-order chi connectivity index (χ1) is 10.9. The molecule has 1 aromatic rings. The van der Waals surface area contributed by atoms with Crippen molar-refractivity contribution in [2.45, 2.75) is 25.7 Å². The van der Waals surface area contributed by atoms with Crippen molar-refractivity contribution in [1.29, 1.82) is 0 Å². The summed E-state index contributed by atoms with van der Waals surface area (Å²) in [7, 11) is 1.55. The zero-order chi connectivity index (χ0) is 17.0. The van der Waals surface area contributed by atoms with Gasteiger partial charge in [0.25, 0.3) is 5.69 Å². The molecule has 23 heavy (non-hydrogen) atoms. The average Bonchev–Trinajstić information content (AvgIpc) is 2.46. The fraction of sp³-hybridized carbons (Fsp3) is 0.571. The van der Waals surface area contributed by atoms with E-state index in [0.717, 1.165) is 6.07 Å². The predicted octanol–water partition coefficient (Wildman–Crippen LogP) is 2.44. The summed E-state index contributed by atoms with van der Waals surface area (Å²) in [6, 6.07) is 3.68. The number of hydrogen-bond donors (Lipinski definition) is 0. The van der Waals surface area contributed by atoms with Crippen LogP contribution in [-0.4, -0.2) is 50.5 Å². The first-order valence-corrected chi connectivity index (χ1v) is 7.03. The molecule has 0 N–H and O–H groups in total. The van der Waals surface area contributed by atoms with Gasteiger partial charge in [-0.05, 0) is 13.0 Å². The highest BCUT2D eigenvalue weighted by atomic mass is 19.3. The highest BCUT2D eigenvalue weighted by molar-refractivity contribution is 5.63. The van der Waals surface area contributed by atoms with E-state index in [4.69, 9.17) is 9.47 Å². The number of nitrogens with zero attached hydrogens (tertiary/aromatic N) is 2. The van der Waals surface area contributed by atoms with Crippen LogP contribution in [0.4, 0.5) is 20.2 Å². The second-order valence-corrected chi connectivity index (χ2v) is 5.22. The number of non-ortho nitro benzene ring substituents is 1. The van der Waals surface area contributed by atoms with E-state index in [9.17, 15) is 18.9 Å². The molecule has 7 nitrogen and oxygen atoms in total. The van der Waals surface area contributed by atoms with Gasteiger partial charge in [-0.3, -0.25) is 10.1 Å². The number of methoxy groups -OCH3 is 1. The SMILES string of the molecule is COCC1CN(c2ccc([N+](=O)[O-])cc2OC(F)F)CC(C)O1. The molecule has 1 aliphatic heterocycles. The van der Waals surface area contributed by atoms with Crippen LogP contribution in [-0.2, 0) is 9.47 Å². The summed E-state index contributed by atoms with van der Waals surface area (Å²) in [5.74, 6) is -0.223. The van der Waals surface area contributed by atoms with E-state index >= 15 is 0 Å². The van der Waals surface area contributed by atoms with Crippen LogP contribution < -0.4 is 9.64 Å². The minimum atomic E-state index is -3.07. The Bertz CT molecular complexity index is 558. The van der Waals surface area contributed by atoms with Gasteiger partial charge in [-0.15, -0.1) is 0 Å². The van der Waals surface area contributed by atoms with Crippen molar-refractivity contribution < 1.29 is 27.9 Å². The first kappa shape index (κ1) is 17.4. The number of morpholine rings is 1. The van der Waals surface area contributed by atoms with Crippen LogP contribution in [0.15, 0.2) is 18.2 Å². The van der Waals surface area contributed by atoms with E-state index in [-0.39, 0.29) is 23.6 Å². The molecule has 1 aliphatic rings. The Morgan fingerprint density at radius 2 is 2.22 bits per heavy atom. The third kappa shape index (κ3) is 4.49. The van der Waals surface area contributed by atoms with Gasteiger partial charge in [0.05, 0.1) is 35.5 Å². The summed E-state index contributed by atoms with van der Waals surface area (Å²) >= 11 is 0. The van der Waals surface area contributed by atoms with Crippen molar-refractivity contribution in [3.63, 3.8) is 0 Å². The Morgan fingerprint density at radius 1 is 1.48 bits per heavy atom. The number of anilines is 1. The topological polar surface area (TPSA) is 74.1 Å². The van der Waals surface area contributed by atoms with E-state index in [1.54, 1.807) is 12.0 Å². The van der Waals surface area contributed by atoms with Gasteiger partial charge in [-0.2, -0.15) is 8.78 Å². The van der Waals surface area contributed by atoms with Crippen molar-refractivity contribution in [2.24, 2.45) is 0 Å². The second-order valence-electron chi connectivity index (χ2n) is 5.22. The predicted molar refractivity (Wildman–Crippen MR) is 78.2 cm³/mol. The molecule has 0 spiro atoms. The molecule has 128 valence electrons. The molecule has 0 saturated carbocycles. The fourth-order valence-electron chi connectivity index (χ4n) is 2.59. The van der Waals surface area contributed by atoms with Gasteiger partial charge in [0, 0.05) is 26.3 Å². The minimum absolute atomic E-state index is 0.140. The third-order valence-electron chi connectivity index (χ3n) is 3.39. The summed E-state index contributed by atoms with van der Waals surface area (Å²) in [6.45, 7) is 0.0175. The van der Waals surface area contributed by atoms with Crippen molar-refractivity contribution in [3.8, 4) is 5.75 Å². The van der Waals surface area contributed by atoms with E-state index in [1.165, 1.54) is 12.1 Å². The van der Waals surface area contributed by atoms with Crippen molar-refractivity contribution >= 4 is 11.4 Å². The van der Waals surface area contributed by atoms with Crippen molar-refractivity contribution in [1.82, 2.24) is 0 Å². The van der Waals surface area contributed by atoms with Crippen LogP contribution in [0, 0.1) is 10.1 Å². The van der Waals surface area contributed by atoms with E-state index in [0.29, 0.717) is 25.4 Å². The zero-order valence-electron chi connectivity index (χ0n) is 12.8. The van der Waals surface area contributed by atoms with Gasteiger partial charge < -0.3 is 19.1 Å². The molecule has 2 rings (SSSR count). The number of alkyl halides is 2. The van der Waals surface area contributed by atoms with E-state index < -0.39 is 11.5 Å².